The van der Waals surface area contributed by atoms with E-state index in [1.807, 2.05) is 0 Å². The van der Waals surface area contributed by atoms with Crippen LogP contribution in [0.2, 0.25) is 0 Å². The fraction of sp³-hybridized carbons (Fsp3) is 0.562. The van der Waals surface area contributed by atoms with E-state index in [4.69, 9.17) is 4.74 Å². The molecule has 1 N–H and O–H groups in total. The standard InChI is InChI=1S/C16H22BrF2NO3S/c1-5-23-14(21)9-16(10-18,20-24(22)15(2,3)4)12-8-11(17)6-7-13(12)19/h6-8,20H,5,9-10H2,1-4H3/t16-,24?/m1/s1. The van der Waals surface area contributed by atoms with E-state index in [-0.39, 0.29) is 12.2 Å². The normalized spacial score (nSPS) is 15.7. The number of esters is 1. The monoisotopic (exact) mass is 425 g/mol. The number of carbonyl (C=O) groups excluding carboxylic acids is 1. The van der Waals surface area contributed by atoms with E-state index >= 15 is 0 Å². The van der Waals surface area contributed by atoms with Gasteiger partial charge in [-0.25, -0.2) is 8.78 Å². The van der Waals surface area contributed by atoms with Crippen LogP contribution >= 0.6 is 15.9 Å². The van der Waals surface area contributed by atoms with Crippen molar-refractivity contribution >= 4 is 33.3 Å². The maximum absolute atomic E-state index is 14.4. The summed E-state index contributed by atoms with van der Waals surface area (Å²) in [7, 11) is 0. The number of hydrogen-bond donors (Lipinski definition) is 1. The highest BCUT2D eigenvalue weighted by molar-refractivity contribution is 9.10. The summed E-state index contributed by atoms with van der Waals surface area (Å²) in [6, 6.07) is 4.00. The molecule has 0 bridgehead atoms. The first-order valence-corrected chi connectivity index (χ1v) is 9.37. The molecule has 8 heteroatoms. The Bertz CT molecular complexity index is 583. The quantitative estimate of drug-likeness (QED) is 0.533. The lowest BCUT2D eigenvalue weighted by molar-refractivity contribution is -0.145. The van der Waals surface area contributed by atoms with Crippen LogP contribution in [0.5, 0.6) is 0 Å². The predicted molar refractivity (Wildman–Crippen MR) is 94.0 cm³/mol. The minimum Gasteiger partial charge on any atom is -0.598 e. The first-order chi connectivity index (χ1) is 11.1. The molecule has 1 aromatic carbocycles. The van der Waals surface area contributed by atoms with Crippen molar-refractivity contribution in [2.45, 2.75) is 44.4 Å². The molecule has 0 aliphatic rings. The molecular formula is C16H22BrF2NO3S. The number of rotatable bonds is 7. The molecule has 0 saturated heterocycles. The molecule has 4 nitrogen and oxygen atoms in total. The minimum absolute atomic E-state index is 0.0787. The molecular weight excluding hydrogens is 404 g/mol. The van der Waals surface area contributed by atoms with Gasteiger partial charge in [0.15, 0.2) is 0 Å². The lowest BCUT2D eigenvalue weighted by Crippen LogP contribution is -2.54. The van der Waals surface area contributed by atoms with E-state index < -0.39 is 46.5 Å². The fourth-order valence-electron chi connectivity index (χ4n) is 1.99. The SMILES string of the molecule is CCOC(=O)C[C@](CF)(N[S+]([O-])C(C)(C)C)c1cc(Br)ccc1F. The summed E-state index contributed by atoms with van der Waals surface area (Å²) in [4.78, 5) is 12.0. The van der Waals surface area contributed by atoms with E-state index in [1.54, 1.807) is 27.7 Å². The summed E-state index contributed by atoms with van der Waals surface area (Å²) < 4.78 is 48.2. The number of carbonyl (C=O) groups is 1. The van der Waals surface area contributed by atoms with Gasteiger partial charge in [0.05, 0.1) is 13.0 Å². The second-order valence-electron chi connectivity index (χ2n) is 6.30. The molecule has 0 spiro atoms. The largest absolute Gasteiger partial charge is 0.598 e. The second-order valence-corrected chi connectivity index (χ2v) is 9.19. The van der Waals surface area contributed by atoms with Crippen molar-refractivity contribution in [2.75, 3.05) is 13.3 Å². The van der Waals surface area contributed by atoms with Crippen LogP contribution < -0.4 is 4.72 Å². The van der Waals surface area contributed by atoms with Gasteiger partial charge in [-0.15, -0.1) is 4.72 Å². The lowest BCUT2D eigenvalue weighted by atomic mass is 9.88. The summed E-state index contributed by atoms with van der Waals surface area (Å²) in [6.45, 7) is 5.70. The Morgan fingerprint density at radius 3 is 2.54 bits per heavy atom. The number of halogens is 3. The van der Waals surface area contributed by atoms with Gasteiger partial charge in [0, 0.05) is 21.4 Å². The number of benzene rings is 1. The molecule has 24 heavy (non-hydrogen) atoms. The van der Waals surface area contributed by atoms with Gasteiger partial charge in [-0.2, -0.15) is 0 Å². The average molecular weight is 426 g/mol. The van der Waals surface area contributed by atoms with Crippen LogP contribution in [0.25, 0.3) is 0 Å². The van der Waals surface area contributed by atoms with Crippen molar-refractivity contribution in [2.24, 2.45) is 0 Å². The van der Waals surface area contributed by atoms with Crippen LogP contribution in [0.3, 0.4) is 0 Å². The van der Waals surface area contributed by atoms with Gasteiger partial charge in [-0.05, 0) is 45.9 Å². The summed E-state index contributed by atoms with van der Waals surface area (Å²) in [5, 5.41) is 0. The van der Waals surface area contributed by atoms with Crippen LogP contribution in [-0.2, 0) is 26.4 Å². The maximum atomic E-state index is 14.4. The Morgan fingerprint density at radius 2 is 2.04 bits per heavy atom. The Kier molecular flexibility index (Phi) is 7.65. The third-order valence-corrected chi connectivity index (χ3v) is 5.45. The summed E-state index contributed by atoms with van der Waals surface area (Å²) >= 11 is 1.49. The Labute approximate surface area is 152 Å². The summed E-state index contributed by atoms with van der Waals surface area (Å²) in [6.07, 6.45) is -0.480. The molecule has 1 aromatic rings. The molecule has 0 saturated carbocycles. The summed E-state index contributed by atoms with van der Waals surface area (Å²) in [5.41, 5.74) is -1.86. The molecule has 0 radical (unpaired) electrons. The Morgan fingerprint density at radius 1 is 1.42 bits per heavy atom. The molecule has 0 aromatic heterocycles. The van der Waals surface area contributed by atoms with E-state index in [2.05, 4.69) is 20.7 Å². The molecule has 136 valence electrons. The number of nitrogens with one attached hydrogen (secondary N) is 1. The van der Waals surface area contributed by atoms with Gasteiger partial charge in [-0.3, -0.25) is 4.79 Å². The predicted octanol–water partition coefficient (Wildman–Crippen LogP) is 3.76. The second kappa shape index (κ2) is 8.60. The van der Waals surface area contributed by atoms with Crippen LogP contribution in [-0.4, -0.2) is 28.6 Å². The number of ether oxygens (including phenoxy) is 1. The zero-order chi connectivity index (χ0) is 18.5. The van der Waals surface area contributed by atoms with Gasteiger partial charge < -0.3 is 9.29 Å². The van der Waals surface area contributed by atoms with Crippen molar-refractivity contribution in [3.8, 4) is 0 Å². The molecule has 0 fully saturated rings. The molecule has 0 heterocycles. The van der Waals surface area contributed by atoms with Gasteiger partial charge in [0.25, 0.3) is 0 Å². The van der Waals surface area contributed by atoms with Crippen molar-refractivity contribution in [1.29, 1.82) is 0 Å². The van der Waals surface area contributed by atoms with Crippen LogP contribution in [0.15, 0.2) is 22.7 Å². The zero-order valence-corrected chi connectivity index (χ0v) is 16.5. The van der Waals surface area contributed by atoms with Crippen molar-refractivity contribution in [1.82, 2.24) is 4.72 Å². The van der Waals surface area contributed by atoms with Crippen LogP contribution in [0.1, 0.15) is 39.7 Å². The first kappa shape index (κ1) is 21.3. The van der Waals surface area contributed by atoms with Gasteiger partial charge >= 0.3 is 5.97 Å². The van der Waals surface area contributed by atoms with E-state index in [1.165, 1.54) is 12.1 Å². The molecule has 1 rings (SSSR count). The highest BCUT2D eigenvalue weighted by Gasteiger charge is 2.44. The molecule has 0 aliphatic carbocycles. The minimum atomic E-state index is -1.78. The third-order valence-electron chi connectivity index (χ3n) is 3.27. The molecule has 1 unspecified atom stereocenters. The first-order valence-electron chi connectivity index (χ1n) is 7.42. The van der Waals surface area contributed by atoms with Gasteiger partial charge in [0.1, 0.15) is 22.8 Å². The molecule has 0 aliphatic heterocycles. The molecule has 2 atom stereocenters. The van der Waals surface area contributed by atoms with Gasteiger partial charge in [-0.1, -0.05) is 15.9 Å². The smallest absolute Gasteiger partial charge is 0.308 e. The highest BCUT2D eigenvalue weighted by Crippen LogP contribution is 2.33. The van der Waals surface area contributed by atoms with Crippen molar-refractivity contribution in [3.63, 3.8) is 0 Å². The fourth-order valence-corrected chi connectivity index (χ4v) is 3.24. The Hall–Kier alpha value is -0.700. The zero-order valence-electron chi connectivity index (χ0n) is 14.1. The molecule has 0 amide bonds. The van der Waals surface area contributed by atoms with E-state index in [9.17, 15) is 18.1 Å². The average Bonchev–Trinajstić information content (AvgIpc) is 2.48. The maximum Gasteiger partial charge on any atom is 0.308 e. The third kappa shape index (κ3) is 5.40. The lowest BCUT2D eigenvalue weighted by Gasteiger charge is -2.35. The highest BCUT2D eigenvalue weighted by atomic mass is 79.9. The van der Waals surface area contributed by atoms with Crippen LogP contribution in [0, 0.1) is 5.82 Å². The van der Waals surface area contributed by atoms with E-state index in [0.717, 1.165) is 6.07 Å². The number of hydrogen-bond acceptors (Lipinski definition) is 4. The van der Waals surface area contributed by atoms with Crippen molar-refractivity contribution < 1.29 is 22.9 Å². The van der Waals surface area contributed by atoms with E-state index in [0.29, 0.717) is 4.47 Å². The van der Waals surface area contributed by atoms with Crippen LogP contribution in [0.4, 0.5) is 8.78 Å². The van der Waals surface area contributed by atoms with Crippen molar-refractivity contribution in [3.05, 3.63) is 34.1 Å². The van der Waals surface area contributed by atoms with Gasteiger partial charge in [0.2, 0.25) is 0 Å². The topological polar surface area (TPSA) is 61.4 Å². The Balaban J connectivity index is 3.37. The summed E-state index contributed by atoms with van der Waals surface area (Å²) in [5.74, 6) is -1.40. The number of alkyl halides is 1.